The Morgan fingerprint density at radius 1 is 1.26 bits per heavy atom. The van der Waals surface area contributed by atoms with E-state index in [-0.39, 0.29) is 11.5 Å². The van der Waals surface area contributed by atoms with Crippen LogP contribution in [0.4, 0.5) is 0 Å². The number of aryl methyl sites for hydroxylation is 2. The highest BCUT2D eigenvalue weighted by atomic mass is 32.2. The molecule has 1 aliphatic rings. The van der Waals surface area contributed by atoms with Crippen molar-refractivity contribution in [1.29, 1.82) is 5.26 Å². The largest absolute Gasteiger partial charge is 0.268 e. The fourth-order valence-corrected chi connectivity index (χ4v) is 5.76. The quantitative estimate of drug-likeness (QED) is 0.356. The molecule has 0 aliphatic heterocycles. The van der Waals surface area contributed by atoms with E-state index < -0.39 is 0 Å². The Bertz CT molecular complexity index is 1060. The fraction of sp³-hybridized carbons (Fsp3) is 0.381. The summed E-state index contributed by atoms with van der Waals surface area (Å²) in [6.07, 6.45) is 5.57. The van der Waals surface area contributed by atoms with Crippen molar-refractivity contribution in [2.75, 3.05) is 5.75 Å². The first kappa shape index (κ1) is 18.3. The maximum atomic E-state index is 13.6. The monoisotopic (exact) mass is 395 g/mol. The third-order valence-corrected chi connectivity index (χ3v) is 7.29. The summed E-state index contributed by atoms with van der Waals surface area (Å²) < 4.78 is 1.73. The van der Waals surface area contributed by atoms with Gasteiger partial charge in [-0.25, -0.2) is 4.98 Å². The van der Waals surface area contributed by atoms with E-state index in [2.05, 4.69) is 6.07 Å². The molecule has 6 heteroatoms. The van der Waals surface area contributed by atoms with Gasteiger partial charge in [0.1, 0.15) is 4.83 Å². The Morgan fingerprint density at radius 2 is 2.04 bits per heavy atom. The van der Waals surface area contributed by atoms with Crippen LogP contribution in [0.5, 0.6) is 0 Å². The molecule has 1 aliphatic carbocycles. The van der Waals surface area contributed by atoms with Crippen LogP contribution in [0, 0.1) is 17.2 Å². The third kappa shape index (κ3) is 3.54. The minimum atomic E-state index is -0.0909. The van der Waals surface area contributed by atoms with E-state index in [1.165, 1.54) is 35.0 Å². The molecule has 0 fully saturated rings. The molecular weight excluding hydrogens is 374 g/mol. The maximum absolute atomic E-state index is 13.6. The Labute approximate surface area is 166 Å². The molecule has 0 saturated carbocycles. The van der Waals surface area contributed by atoms with Gasteiger partial charge in [0.25, 0.3) is 5.56 Å². The number of nitriles is 1. The van der Waals surface area contributed by atoms with Crippen molar-refractivity contribution in [2.45, 2.75) is 44.2 Å². The molecule has 0 unspecified atom stereocenters. The highest BCUT2D eigenvalue weighted by molar-refractivity contribution is 7.99. The number of hydrogen-bond donors (Lipinski definition) is 0. The van der Waals surface area contributed by atoms with E-state index in [4.69, 9.17) is 10.2 Å². The second kappa shape index (κ2) is 7.87. The first-order valence-corrected chi connectivity index (χ1v) is 11.1. The lowest BCUT2D eigenvalue weighted by Gasteiger charge is -2.13. The normalized spacial score (nSPS) is 15.1. The lowest BCUT2D eigenvalue weighted by molar-refractivity contribution is 0.713. The first-order chi connectivity index (χ1) is 13.2. The predicted molar refractivity (Wildman–Crippen MR) is 112 cm³/mol. The number of thioether (sulfide) groups is 1. The second-order valence-electron chi connectivity index (χ2n) is 6.96. The van der Waals surface area contributed by atoms with Crippen molar-refractivity contribution >= 4 is 33.3 Å². The van der Waals surface area contributed by atoms with Gasteiger partial charge in [-0.15, -0.1) is 11.3 Å². The molecule has 2 aromatic heterocycles. The fourth-order valence-electron chi connectivity index (χ4n) is 3.50. The van der Waals surface area contributed by atoms with Crippen LogP contribution in [0.15, 0.2) is 40.3 Å². The van der Waals surface area contributed by atoms with E-state index in [0.29, 0.717) is 10.9 Å². The number of hydrogen-bond acceptors (Lipinski definition) is 5. The molecule has 4 rings (SSSR count). The third-order valence-electron chi connectivity index (χ3n) is 4.91. The van der Waals surface area contributed by atoms with E-state index in [0.717, 1.165) is 35.2 Å². The van der Waals surface area contributed by atoms with Crippen LogP contribution >= 0.6 is 23.1 Å². The number of benzene rings is 1. The number of thiophene rings is 1. The van der Waals surface area contributed by atoms with Gasteiger partial charge < -0.3 is 0 Å². The van der Waals surface area contributed by atoms with Gasteiger partial charge >= 0.3 is 0 Å². The lowest BCUT2D eigenvalue weighted by Crippen LogP contribution is -2.22. The van der Waals surface area contributed by atoms with Crippen LogP contribution in [0.2, 0.25) is 0 Å². The van der Waals surface area contributed by atoms with Gasteiger partial charge in [0.05, 0.1) is 23.1 Å². The molecule has 2 heterocycles. The summed E-state index contributed by atoms with van der Waals surface area (Å²) in [5.74, 6) is 0.527. The molecule has 0 N–H and O–H groups in total. The standard InChI is InChI=1S/C21H21N3OS2/c1-14(12-22)13-26-21-23-19-18(16-10-6-3-7-11-17(16)27-19)20(25)24(21)15-8-4-2-5-9-15/h2,4-5,8-9,14H,3,6-7,10-11,13H2,1H3/t14-/m0/s1. The summed E-state index contributed by atoms with van der Waals surface area (Å²) in [5, 5.41) is 10.6. The highest BCUT2D eigenvalue weighted by Gasteiger charge is 2.22. The number of nitrogens with zero attached hydrogens (tertiary/aromatic N) is 3. The number of aromatic nitrogens is 2. The Balaban J connectivity index is 1.93. The van der Waals surface area contributed by atoms with Crippen molar-refractivity contribution in [3.8, 4) is 11.8 Å². The highest BCUT2D eigenvalue weighted by Crippen LogP contribution is 2.34. The average molecular weight is 396 g/mol. The molecule has 4 nitrogen and oxygen atoms in total. The summed E-state index contributed by atoms with van der Waals surface area (Å²) in [7, 11) is 0. The van der Waals surface area contributed by atoms with E-state index in [1.54, 1.807) is 15.9 Å². The van der Waals surface area contributed by atoms with Crippen LogP contribution in [0.25, 0.3) is 15.9 Å². The number of para-hydroxylation sites is 1. The molecule has 138 valence electrons. The smallest absolute Gasteiger partial charge is 0.267 e. The zero-order valence-corrected chi connectivity index (χ0v) is 16.9. The first-order valence-electron chi connectivity index (χ1n) is 9.34. The maximum Gasteiger partial charge on any atom is 0.267 e. The van der Waals surface area contributed by atoms with Crippen molar-refractivity contribution in [3.05, 3.63) is 51.1 Å². The van der Waals surface area contributed by atoms with E-state index in [9.17, 15) is 4.79 Å². The van der Waals surface area contributed by atoms with Crippen molar-refractivity contribution in [1.82, 2.24) is 9.55 Å². The van der Waals surface area contributed by atoms with Crippen LogP contribution in [-0.2, 0) is 12.8 Å². The van der Waals surface area contributed by atoms with E-state index >= 15 is 0 Å². The van der Waals surface area contributed by atoms with Gasteiger partial charge in [0.15, 0.2) is 5.16 Å². The van der Waals surface area contributed by atoms with Crippen molar-refractivity contribution in [3.63, 3.8) is 0 Å². The molecule has 27 heavy (non-hydrogen) atoms. The minimum Gasteiger partial charge on any atom is -0.268 e. The molecule has 0 saturated heterocycles. The van der Waals surface area contributed by atoms with Gasteiger partial charge in [-0.3, -0.25) is 9.36 Å². The van der Waals surface area contributed by atoms with E-state index in [1.807, 2.05) is 37.3 Å². The molecule has 0 spiro atoms. The molecule has 1 aromatic carbocycles. The Hall–Kier alpha value is -2.10. The van der Waals surface area contributed by atoms with Crippen LogP contribution in [0.1, 0.15) is 36.6 Å². The van der Waals surface area contributed by atoms with Crippen LogP contribution in [0.3, 0.4) is 0 Å². The predicted octanol–water partition coefficient (Wildman–Crippen LogP) is 4.97. The van der Waals surface area contributed by atoms with Gasteiger partial charge in [0.2, 0.25) is 0 Å². The number of rotatable bonds is 4. The Kier molecular flexibility index (Phi) is 5.33. The summed E-state index contributed by atoms with van der Waals surface area (Å²) >= 11 is 3.17. The van der Waals surface area contributed by atoms with Gasteiger partial charge in [-0.05, 0) is 50.3 Å². The molecule has 1 atom stereocenters. The zero-order chi connectivity index (χ0) is 18.8. The van der Waals surface area contributed by atoms with Crippen LogP contribution in [-0.4, -0.2) is 15.3 Å². The van der Waals surface area contributed by atoms with Gasteiger partial charge in [-0.1, -0.05) is 36.4 Å². The van der Waals surface area contributed by atoms with Crippen LogP contribution < -0.4 is 5.56 Å². The van der Waals surface area contributed by atoms with Crippen molar-refractivity contribution in [2.24, 2.45) is 5.92 Å². The summed E-state index contributed by atoms with van der Waals surface area (Å²) in [6, 6.07) is 12.0. The average Bonchev–Trinajstić information content (AvgIpc) is 2.88. The summed E-state index contributed by atoms with van der Waals surface area (Å²) in [5.41, 5.74) is 2.08. The lowest BCUT2D eigenvalue weighted by atomic mass is 10.1. The topological polar surface area (TPSA) is 58.7 Å². The molecular formula is C21H21N3OS2. The van der Waals surface area contributed by atoms with Gasteiger partial charge in [0, 0.05) is 10.6 Å². The molecule has 0 bridgehead atoms. The molecule has 3 aromatic rings. The van der Waals surface area contributed by atoms with Gasteiger partial charge in [-0.2, -0.15) is 5.26 Å². The Morgan fingerprint density at radius 3 is 2.81 bits per heavy atom. The summed E-state index contributed by atoms with van der Waals surface area (Å²) in [6.45, 7) is 1.89. The number of fused-ring (bicyclic) bond motifs is 3. The summed E-state index contributed by atoms with van der Waals surface area (Å²) in [4.78, 5) is 20.6. The second-order valence-corrected chi connectivity index (χ2v) is 9.03. The molecule has 0 amide bonds. The zero-order valence-electron chi connectivity index (χ0n) is 15.3. The minimum absolute atomic E-state index is 0.0257. The SMILES string of the molecule is C[C@@H](C#N)CSc1nc2sc3c(c2c(=O)n1-c1ccccc1)CCCCC3. The molecule has 0 radical (unpaired) electrons. The van der Waals surface area contributed by atoms with Crippen molar-refractivity contribution < 1.29 is 0 Å².